The highest BCUT2D eigenvalue weighted by atomic mass is 16.5. The summed E-state index contributed by atoms with van der Waals surface area (Å²) in [5.41, 5.74) is 1.53. The van der Waals surface area contributed by atoms with Gasteiger partial charge in [-0.15, -0.1) is 0 Å². The zero-order valence-corrected chi connectivity index (χ0v) is 21.3. The number of phenolic OH excluding ortho intramolecular Hbond substituents is 8. The van der Waals surface area contributed by atoms with Crippen molar-refractivity contribution in [3.05, 3.63) is 82.4 Å². The molecule has 0 radical (unpaired) electrons. The second kappa shape index (κ2) is 9.49. The Morgan fingerprint density at radius 3 is 1.88 bits per heavy atom. The van der Waals surface area contributed by atoms with Gasteiger partial charge in [0, 0.05) is 47.7 Å². The summed E-state index contributed by atoms with van der Waals surface area (Å²) in [6.45, 7) is 0. The van der Waals surface area contributed by atoms with Gasteiger partial charge in [0.05, 0.1) is 12.0 Å². The van der Waals surface area contributed by atoms with Crippen molar-refractivity contribution in [2.75, 3.05) is 0 Å². The highest BCUT2D eigenvalue weighted by molar-refractivity contribution is 5.64. The maximum absolute atomic E-state index is 11.5. The van der Waals surface area contributed by atoms with Crippen LogP contribution in [0.25, 0.3) is 0 Å². The summed E-state index contributed by atoms with van der Waals surface area (Å²) < 4.78 is 12.3. The van der Waals surface area contributed by atoms with E-state index in [0.29, 0.717) is 22.3 Å². The molecule has 0 bridgehead atoms. The topological polar surface area (TPSA) is 201 Å². The van der Waals surface area contributed by atoms with E-state index in [0.717, 1.165) is 12.1 Å². The highest BCUT2D eigenvalue weighted by Crippen LogP contribution is 2.55. The second-order valence-corrected chi connectivity index (χ2v) is 10.2. The van der Waals surface area contributed by atoms with Crippen molar-refractivity contribution >= 4 is 0 Å². The molecular formula is C30H26O11. The maximum atomic E-state index is 11.5. The largest absolute Gasteiger partial charge is 0.508 e. The van der Waals surface area contributed by atoms with Crippen LogP contribution < -0.4 is 9.47 Å². The minimum atomic E-state index is -1.13. The van der Waals surface area contributed by atoms with Crippen molar-refractivity contribution in [1.82, 2.24) is 0 Å². The number of benzene rings is 4. The predicted octanol–water partition coefficient (Wildman–Crippen LogP) is 3.50. The molecule has 2 aliphatic rings. The number of fused-ring (bicyclic) bond motifs is 2. The van der Waals surface area contributed by atoms with Gasteiger partial charge in [0.2, 0.25) is 0 Å². The fourth-order valence-electron chi connectivity index (χ4n) is 5.65. The van der Waals surface area contributed by atoms with Crippen LogP contribution in [0.1, 0.15) is 39.8 Å². The molecule has 0 fully saturated rings. The monoisotopic (exact) mass is 562 g/mol. The summed E-state index contributed by atoms with van der Waals surface area (Å²) in [5, 5.41) is 92.7. The van der Waals surface area contributed by atoms with E-state index in [9.17, 15) is 46.0 Å². The van der Waals surface area contributed by atoms with E-state index < -0.39 is 30.0 Å². The lowest BCUT2D eigenvalue weighted by Crippen LogP contribution is -2.30. The molecule has 4 aromatic carbocycles. The van der Waals surface area contributed by atoms with Crippen LogP contribution in [-0.2, 0) is 12.8 Å². The number of hydrogen-bond acceptors (Lipinski definition) is 11. The number of ether oxygens (including phenoxy) is 2. The lowest BCUT2D eigenvalue weighted by Gasteiger charge is -2.32. The Morgan fingerprint density at radius 2 is 1.24 bits per heavy atom. The molecule has 41 heavy (non-hydrogen) atoms. The smallest absolute Gasteiger partial charge is 0.157 e. The van der Waals surface area contributed by atoms with Crippen molar-refractivity contribution in [1.29, 1.82) is 0 Å². The van der Waals surface area contributed by atoms with E-state index in [1.165, 1.54) is 30.3 Å². The first-order valence-electron chi connectivity index (χ1n) is 12.7. The van der Waals surface area contributed by atoms with Gasteiger partial charge in [-0.25, -0.2) is 0 Å². The molecule has 212 valence electrons. The third-order valence-electron chi connectivity index (χ3n) is 7.62. The Bertz CT molecular complexity index is 1660. The molecule has 2 aliphatic heterocycles. The summed E-state index contributed by atoms with van der Waals surface area (Å²) in [4.78, 5) is 0. The maximum Gasteiger partial charge on any atom is 0.157 e. The second-order valence-electron chi connectivity index (χ2n) is 10.2. The van der Waals surface area contributed by atoms with Crippen molar-refractivity contribution in [3.63, 3.8) is 0 Å². The Morgan fingerprint density at radius 1 is 0.634 bits per heavy atom. The molecule has 0 aromatic heterocycles. The third-order valence-corrected chi connectivity index (χ3v) is 7.62. The normalized spacial score (nSPS) is 21.0. The molecule has 4 atom stereocenters. The van der Waals surface area contributed by atoms with Gasteiger partial charge in [-0.2, -0.15) is 0 Å². The van der Waals surface area contributed by atoms with Gasteiger partial charge >= 0.3 is 0 Å². The quantitative estimate of drug-likeness (QED) is 0.165. The summed E-state index contributed by atoms with van der Waals surface area (Å²) in [5.74, 6) is -3.10. The van der Waals surface area contributed by atoms with Crippen LogP contribution in [0.3, 0.4) is 0 Å². The van der Waals surface area contributed by atoms with Gasteiger partial charge in [0.1, 0.15) is 46.7 Å². The van der Waals surface area contributed by atoms with Gasteiger partial charge in [-0.3, -0.25) is 0 Å². The molecule has 11 heteroatoms. The Labute approximate surface area is 232 Å². The minimum Gasteiger partial charge on any atom is -0.508 e. The SMILES string of the molecule is Oc1cc(O)c(C[C@@H]2Oc3cc4c(c(O)c3[C@H]2c2ccc(O)c(O)c2)C[C@H](O)[C@@H](c2ccc(O)c(O)c2)O4)c(O)c1. The molecule has 0 amide bonds. The number of aromatic hydroxyl groups is 8. The van der Waals surface area contributed by atoms with Crippen LogP contribution in [0.2, 0.25) is 0 Å². The molecule has 0 saturated carbocycles. The molecule has 0 spiro atoms. The average molecular weight is 563 g/mol. The molecule has 6 rings (SSSR count). The Kier molecular flexibility index (Phi) is 6.04. The summed E-state index contributed by atoms with van der Waals surface area (Å²) in [6, 6.07) is 11.9. The molecule has 0 unspecified atom stereocenters. The number of rotatable bonds is 4. The van der Waals surface area contributed by atoms with Crippen LogP contribution >= 0.6 is 0 Å². The molecule has 11 nitrogen and oxygen atoms in total. The van der Waals surface area contributed by atoms with Gasteiger partial charge in [0.25, 0.3) is 0 Å². The van der Waals surface area contributed by atoms with E-state index in [1.54, 1.807) is 12.1 Å². The molecule has 4 aromatic rings. The molecular weight excluding hydrogens is 536 g/mol. The van der Waals surface area contributed by atoms with Crippen molar-refractivity contribution in [3.8, 4) is 57.5 Å². The molecule has 0 aliphatic carbocycles. The van der Waals surface area contributed by atoms with E-state index in [4.69, 9.17) is 9.47 Å². The van der Waals surface area contributed by atoms with Crippen LogP contribution in [0.5, 0.6) is 57.5 Å². The number of aliphatic hydroxyl groups is 1. The van der Waals surface area contributed by atoms with Crippen LogP contribution in [0.4, 0.5) is 0 Å². The number of phenols is 8. The van der Waals surface area contributed by atoms with E-state index in [1.807, 2.05) is 0 Å². The van der Waals surface area contributed by atoms with E-state index >= 15 is 0 Å². The zero-order chi connectivity index (χ0) is 29.2. The van der Waals surface area contributed by atoms with E-state index in [2.05, 4.69) is 0 Å². The highest BCUT2D eigenvalue weighted by Gasteiger charge is 2.43. The lowest BCUT2D eigenvalue weighted by atomic mass is 9.82. The van der Waals surface area contributed by atoms with E-state index in [-0.39, 0.29) is 70.2 Å². The fraction of sp³-hybridized carbons (Fsp3) is 0.200. The van der Waals surface area contributed by atoms with Gasteiger partial charge in [-0.05, 0) is 35.4 Å². The molecule has 0 saturated heterocycles. The molecule has 2 heterocycles. The van der Waals surface area contributed by atoms with Crippen molar-refractivity contribution in [2.45, 2.75) is 37.1 Å². The standard InChI is InChI=1S/C30H26O11/c31-14-7-19(34)15(20(35)8-14)10-25-27(12-1-3-17(32)21(36)5-12)28-26(40-25)11-24-16(29(28)39)9-23(38)30(41-24)13-2-4-18(33)22(37)6-13/h1-8,11,23,25,27,30-39H,9-10H2/t23-,25-,27-,30+/m0/s1. The van der Waals surface area contributed by atoms with Gasteiger partial charge in [-0.1, -0.05) is 12.1 Å². The first-order chi connectivity index (χ1) is 19.5. The van der Waals surface area contributed by atoms with Gasteiger partial charge in [0.15, 0.2) is 23.0 Å². The first kappa shape index (κ1) is 26.1. The molecule has 9 N–H and O–H groups in total. The number of hydrogen-bond donors (Lipinski definition) is 9. The first-order valence-corrected chi connectivity index (χ1v) is 12.7. The third kappa shape index (κ3) is 4.36. The zero-order valence-electron chi connectivity index (χ0n) is 21.3. The predicted molar refractivity (Wildman–Crippen MR) is 142 cm³/mol. The summed E-state index contributed by atoms with van der Waals surface area (Å²) in [7, 11) is 0. The van der Waals surface area contributed by atoms with Crippen molar-refractivity contribution in [2.24, 2.45) is 0 Å². The minimum absolute atomic E-state index is 0.0293. The fourth-order valence-corrected chi connectivity index (χ4v) is 5.65. The average Bonchev–Trinajstić information content (AvgIpc) is 3.28. The van der Waals surface area contributed by atoms with Crippen LogP contribution in [0.15, 0.2) is 54.6 Å². The summed E-state index contributed by atoms with van der Waals surface area (Å²) in [6.07, 6.45) is -3.02. The van der Waals surface area contributed by atoms with Crippen LogP contribution in [-0.4, -0.2) is 58.2 Å². The lowest BCUT2D eigenvalue weighted by molar-refractivity contribution is 0.0196. The number of aliphatic hydroxyl groups excluding tert-OH is 1. The Hall–Kier alpha value is -5.16. The Balaban J connectivity index is 1.44. The van der Waals surface area contributed by atoms with Crippen molar-refractivity contribution < 1.29 is 55.4 Å². The summed E-state index contributed by atoms with van der Waals surface area (Å²) >= 11 is 0. The van der Waals surface area contributed by atoms with Gasteiger partial charge < -0.3 is 55.4 Å². The van der Waals surface area contributed by atoms with Crippen LogP contribution in [0, 0.1) is 0 Å².